The summed E-state index contributed by atoms with van der Waals surface area (Å²) in [7, 11) is 1.84. The van der Waals surface area contributed by atoms with Crippen molar-refractivity contribution in [3.05, 3.63) is 12.2 Å². The molecule has 3 N–H and O–H groups in total. The number of hydrogen-bond acceptors (Lipinski definition) is 4. The number of rotatable bonds is 4. The van der Waals surface area contributed by atoms with Gasteiger partial charge >= 0.3 is 0 Å². The minimum Gasteiger partial charge on any atom is -0.381 e. The minimum absolute atomic E-state index is 0.342. The van der Waals surface area contributed by atoms with Gasteiger partial charge < -0.3 is 15.8 Å². The number of nitrogens with one attached hydrogen (secondary N) is 1. The molecule has 6 unspecified atom stereocenters. The third kappa shape index (κ3) is 3.72. The number of methoxy groups -OCH3 is 1. The summed E-state index contributed by atoms with van der Waals surface area (Å²) >= 11 is 2.13. The Bertz CT molecular complexity index is 389. The molecule has 0 spiro atoms. The van der Waals surface area contributed by atoms with Crippen molar-refractivity contribution >= 4 is 11.8 Å². The number of piperidine rings is 1. The molecule has 2 aliphatic carbocycles. The maximum absolute atomic E-state index is 6.47. The molecule has 1 heterocycles. The van der Waals surface area contributed by atoms with Gasteiger partial charge in [0, 0.05) is 24.9 Å². The van der Waals surface area contributed by atoms with Crippen molar-refractivity contribution in [1.82, 2.24) is 5.32 Å². The lowest BCUT2D eigenvalue weighted by Gasteiger charge is -2.48. The van der Waals surface area contributed by atoms with Crippen molar-refractivity contribution < 1.29 is 4.74 Å². The number of allylic oxidation sites excluding steroid dienone is 1. The molecule has 3 rings (SSSR count). The average molecular weight is 325 g/mol. The standard InChI is InChI=1S/C18H32N2OS/c1-12-17(19)15-8-3-4-9-16(15)18(20-12)22-11-13-6-5-7-14(10-13)21-2/h5-6,12-18,20H,3-4,7-11,19H2,1-2H3/t12?,13?,14?,15?,16?,17-,18?/m0/s1. The average Bonchev–Trinajstić information content (AvgIpc) is 2.57. The lowest BCUT2D eigenvalue weighted by atomic mass is 9.71. The van der Waals surface area contributed by atoms with E-state index in [9.17, 15) is 0 Å². The first-order chi connectivity index (χ1) is 10.7. The van der Waals surface area contributed by atoms with Crippen LogP contribution >= 0.6 is 11.8 Å². The van der Waals surface area contributed by atoms with E-state index in [1.165, 1.54) is 37.9 Å². The van der Waals surface area contributed by atoms with Crippen molar-refractivity contribution in [3.63, 3.8) is 0 Å². The van der Waals surface area contributed by atoms with Gasteiger partial charge in [0.1, 0.15) is 0 Å². The molecule has 7 atom stereocenters. The number of ether oxygens (including phenoxy) is 1. The fraction of sp³-hybridized carbons (Fsp3) is 0.889. The summed E-state index contributed by atoms with van der Waals surface area (Å²) in [6, 6.07) is 0.792. The van der Waals surface area contributed by atoms with E-state index < -0.39 is 0 Å². The molecule has 1 saturated carbocycles. The Kier molecular flexibility index (Phi) is 5.88. The lowest BCUT2D eigenvalue weighted by Crippen LogP contribution is -2.61. The highest BCUT2D eigenvalue weighted by Crippen LogP contribution is 2.42. The summed E-state index contributed by atoms with van der Waals surface area (Å²) in [5.74, 6) is 3.38. The van der Waals surface area contributed by atoms with Gasteiger partial charge in [0.25, 0.3) is 0 Å². The molecule has 1 saturated heterocycles. The van der Waals surface area contributed by atoms with Crippen LogP contribution in [0.3, 0.4) is 0 Å². The highest BCUT2D eigenvalue weighted by molar-refractivity contribution is 7.99. The van der Waals surface area contributed by atoms with E-state index in [2.05, 4.69) is 36.2 Å². The first-order valence-corrected chi connectivity index (χ1v) is 10.1. The second-order valence-electron chi connectivity index (χ2n) is 7.42. The van der Waals surface area contributed by atoms with Crippen LogP contribution < -0.4 is 11.1 Å². The van der Waals surface area contributed by atoms with Gasteiger partial charge in [0.15, 0.2) is 0 Å². The van der Waals surface area contributed by atoms with Gasteiger partial charge in [-0.15, -0.1) is 11.8 Å². The third-order valence-corrected chi connectivity index (χ3v) is 7.42. The Balaban J connectivity index is 1.57. The highest BCUT2D eigenvalue weighted by Gasteiger charge is 2.42. The van der Waals surface area contributed by atoms with Gasteiger partial charge in [-0.3, -0.25) is 0 Å². The normalized spacial score (nSPS) is 45.5. The molecule has 126 valence electrons. The molecule has 0 radical (unpaired) electrons. The summed E-state index contributed by atoms with van der Waals surface area (Å²) in [5, 5.41) is 4.41. The smallest absolute Gasteiger partial charge is 0.0611 e. The summed E-state index contributed by atoms with van der Waals surface area (Å²) in [6.07, 6.45) is 12.8. The first-order valence-electron chi connectivity index (χ1n) is 9.01. The molecule has 0 aromatic rings. The fourth-order valence-electron chi connectivity index (χ4n) is 4.56. The van der Waals surface area contributed by atoms with Crippen molar-refractivity contribution in [2.24, 2.45) is 23.5 Å². The number of fused-ring (bicyclic) bond motifs is 1. The molecule has 0 aromatic carbocycles. The van der Waals surface area contributed by atoms with E-state index in [-0.39, 0.29) is 0 Å². The van der Waals surface area contributed by atoms with E-state index in [1.54, 1.807) is 0 Å². The topological polar surface area (TPSA) is 47.3 Å². The Morgan fingerprint density at radius 1 is 1.27 bits per heavy atom. The van der Waals surface area contributed by atoms with E-state index >= 15 is 0 Å². The van der Waals surface area contributed by atoms with Crippen LogP contribution in [-0.2, 0) is 4.74 Å². The van der Waals surface area contributed by atoms with Crippen molar-refractivity contribution in [2.45, 2.75) is 69.0 Å². The van der Waals surface area contributed by atoms with E-state index in [0.29, 0.717) is 29.5 Å². The van der Waals surface area contributed by atoms with E-state index in [0.717, 1.165) is 18.3 Å². The molecule has 2 fully saturated rings. The predicted octanol–water partition coefficient (Wildman–Crippen LogP) is 3.15. The van der Waals surface area contributed by atoms with Crippen LogP contribution in [0.2, 0.25) is 0 Å². The largest absolute Gasteiger partial charge is 0.381 e. The summed E-state index contributed by atoms with van der Waals surface area (Å²) in [6.45, 7) is 2.27. The molecule has 22 heavy (non-hydrogen) atoms. The summed E-state index contributed by atoms with van der Waals surface area (Å²) in [4.78, 5) is 0. The van der Waals surface area contributed by atoms with Crippen LogP contribution in [-0.4, -0.2) is 36.4 Å². The summed E-state index contributed by atoms with van der Waals surface area (Å²) < 4.78 is 5.54. The quantitative estimate of drug-likeness (QED) is 0.780. The number of nitrogens with two attached hydrogens (primary N) is 1. The second-order valence-corrected chi connectivity index (χ2v) is 8.59. The van der Waals surface area contributed by atoms with Gasteiger partial charge in [-0.2, -0.15) is 0 Å². The molecule has 3 aliphatic rings. The Labute approximate surface area is 139 Å². The zero-order valence-electron chi connectivity index (χ0n) is 14.0. The SMILES string of the molecule is COC1CC=CC(CSC2NC(C)[C@H](N)C3CCCCC23)C1. The molecule has 0 bridgehead atoms. The van der Waals surface area contributed by atoms with Crippen molar-refractivity contribution in [2.75, 3.05) is 12.9 Å². The van der Waals surface area contributed by atoms with Crippen LogP contribution in [0.5, 0.6) is 0 Å². The van der Waals surface area contributed by atoms with Crippen LogP contribution in [0.15, 0.2) is 12.2 Å². The molecular formula is C18H32N2OS. The van der Waals surface area contributed by atoms with Gasteiger partial charge in [-0.25, -0.2) is 0 Å². The zero-order chi connectivity index (χ0) is 15.5. The Hall–Kier alpha value is -0.0300. The van der Waals surface area contributed by atoms with Crippen LogP contribution in [0.25, 0.3) is 0 Å². The lowest BCUT2D eigenvalue weighted by molar-refractivity contribution is 0.0857. The zero-order valence-corrected chi connectivity index (χ0v) is 14.9. The maximum atomic E-state index is 6.47. The second kappa shape index (κ2) is 7.69. The van der Waals surface area contributed by atoms with Crippen LogP contribution in [0, 0.1) is 17.8 Å². The third-order valence-electron chi connectivity index (χ3n) is 5.96. The van der Waals surface area contributed by atoms with Gasteiger partial charge in [0.05, 0.1) is 11.5 Å². The van der Waals surface area contributed by atoms with Gasteiger partial charge in [-0.1, -0.05) is 25.0 Å². The molecule has 0 amide bonds. The molecule has 4 heteroatoms. The Morgan fingerprint density at radius 2 is 2.05 bits per heavy atom. The molecule has 3 nitrogen and oxygen atoms in total. The number of thioether (sulfide) groups is 1. The monoisotopic (exact) mass is 324 g/mol. The minimum atomic E-state index is 0.342. The molecule has 1 aliphatic heterocycles. The molecule has 0 aromatic heterocycles. The van der Waals surface area contributed by atoms with E-state index in [4.69, 9.17) is 10.5 Å². The highest BCUT2D eigenvalue weighted by atomic mass is 32.2. The van der Waals surface area contributed by atoms with Gasteiger partial charge in [-0.05, 0) is 50.4 Å². The van der Waals surface area contributed by atoms with E-state index in [1.807, 2.05) is 7.11 Å². The Morgan fingerprint density at radius 3 is 2.82 bits per heavy atom. The van der Waals surface area contributed by atoms with Crippen LogP contribution in [0.1, 0.15) is 45.4 Å². The maximum Gasteiger partial charge on any atom is 0.0611 e. The number of hydrogen-bond donors (Lipinski definition) is 2. The van der Waals surface area contributed by atoms with Crippen LogP contribution in [0.4, 0.5) is 0 Å². The van der Waals surface area contributed by atoms with Gasteiger partial charge in [0.2, 0.25) is 0 Å². The van der Waals surface area contributed by atoms with Crippen molar-refractivity contribution in [3.8, 4) is 0 Å². The molecular weight excluding hydrogens is 292 g/mol. The predicted molar refractivity (Wildman–Crippen MR) is 94.9 cm³/mol. The summed E-state index contributed by atoms with van der Waals surface area (Å²) in [5.41, 5.74) is 6.47. The first kappa shape index (κ1) is 16.8. The van der Waals surface area contributed by atoms with Crippen molar-refractivity contribution in [1.29, 1.82) is 0 Å². The fourth-order valence-corrected chi connectivity index (χ4v) is 6.15.